The molecular weight excluding hydrogens is 1030 g/mol. The van der Waals surface area contributed by atoms with Crippen molar-refractivity contribution in [2.45, 2.75) is 450 Å². The van der Waals surface area contributed by atoms with Gasteiger partial charge >= 0.3 is 5.97 Å². The first-order valence-electron chi connectivity index (χ1n) is 38.6. The SMILES string of the molecule is CCCCCCCCCCCCCCCCCCCCCCC/C=C/C(O)C(CO)NC(=O)CCCCCCCCCCCCCCCCC/C=C\CCCCCCCCCCCCCCOC(=O)CCCCCCCCCCCCCCC. The summed E-state index contributed by atoms with van der Waals surface area (Å²) in [6.07, 6.45) is 94.3. The fraction of sp³-hybridized carbons (Fsp3) is 0.923. The first kappa shape index (κ1) is 82.3. The number of esters is 1. The van der Waals surface area contributed by atoms with Crippen LogP contribution in [0.3, 0.4) is 0 Å². The summed E-state index contributed by atoms with van der Waals surface area (Å²) in [5.41, 5.74) is 0. The maximum absolute atomic E-state index is 12.5. The summed E-state index contributed by atoms with van der Waals surface area (Å²) in [6.45, 7) is 4.95. The monoisotopic (exact) mass is 1180 g/mol. The summed E-state index contributed by atoms with van der Waals surface area (Å²) in [4.78, 5) is 24.6. The number of allylic oxidation sites excluding steroid dienone is 3. The second kappa shape index (κ2) is 73.8. The number of rotatable bonds is 73. The van der Waals surface area contributed by atoms with Crippen LogP contribution >= 0.6 is 0 Å². The Morgan fingerprint density at radius 3 is 0.845 bits per heavy atom. The lowest BCUT2D eigenvalue weighted by atomic mass is 10.0. The van der Waals surface area contributed by atoms with Gasteiger partial charge in [0.1, 0.15) is 0 Å². The molecule has 0 aliphatic rings. The minimum atomic E-state index is -0.844. The van der Waals surface area contributed by atoms with E-state index in [2.05, 4.69) is 31.3 Å². The average molecular weight is 1180 g/mol. The number of ether oxygens (including phenoxy) is 1. The Bertz CT molecular complexity index is 1320. The highest BCUT2D eigenvalue weighted by Gasteiger charge is 2.18. The Kier molecular flexibility index (Phi) is 72.3. The molecule has 0 aromatic carbocycles. The molecule has 0 saturated carbocycles. The molecule has 3 N–H and O–H groups in total. The van der Waals surface area contributed by atoms with E-state index in [0.717, 1.165) is 38.5 Å². The molecule has 2 atom stereocenters. The van der Waals surface area contributed by atoms with Crippen LogP contribution in [0.4, 0.5) is 0 Å². The van der Waals surface area contributed by atoms with Crippen molar-refractivity contribution in [2.75, 3.05) is 13.2 Å². The van der Waals surface area contributed by atoms with Crippen LogP contribution < -0.4 is 5.32 Å². The number of aliphatic hydroxyl groups is 2. The highest BCUT2D eigenvalue weighted by Crippen LogP contribution is 2.20. The quantitative estimate of drug-likeness (QED) is 0.0320. The number of hydrogen-bond donors (Lipinski definition) is 3. The van der Waals surface area contributed by atoms with Crippen LogP contribution in [0, 0.1) is 0 Å². The molecule has 0 rings (SSSR count). The van der Waals surface area contributed by atoms with Crippen LogP contribution in [0.2, 0.25) is 0 Å². The largest absolute Gasteiger partial charge is 0.466 e. The molecule has 1 amide bonds. The number of aliphatic hydroxyl groups excluding tert-OH is 2. The fourth-order valence-corrected chi connectivity index (χ4v) is 12.3. The summed E-state index contributed by atoms with van der Waals surface area (Å²) >= 11 is 0. The number of carbonyl (C=O) groups is 2. The van der Waals surface area contributed by atoms with Gasteiger partial charge in [0.15, 0.2) is 0 Å². The highest BCUT2D eigenvalue weighted by molar-refractivity contribution is 5.76. The minimum absolute atomic E-state index is 0.0198. The molecule has 0 heterocycles. The van der Waals surface area contributed by atoms with Crippen LogP contribution in [0.1, 0.15) is 438 Å². The van der Waals surface area contributed by atoms with Crippen LogP contribution in [-0.4, -0.2) is 47.4 Å². The molecule has 6 nitrogen and oxygen atoms in total. The second-order valence-electron chi connectivity index (χ2n) is 26.7. The first-order valence-corrected chi connectivity index (χ1v) is 38.6. The molecule has 0 aliphatic carbocycles. The molecule has 0 aliphatic heterocycles. The molecule has 498 valence electrons. The van der Waals surface area contributed by atoms with Crippen molar-refractivity contribution in [3.8, 4) is 0 Å². The van der Waals surface area contributed by atoms with E-state index in [1.165, 1.54) is 372 Å². The third-order valence-electron chi connectivity index (χ3n) is 18.2. The van der Waals surface area contributed by atoms with Gasteiger partial charge < -0.3 is 20.3 Å². The van der Waals surface area contributed by atoms with E-state index in [4.69, 9.17) is 4.74 Å². The molecule has 0 aromatic rings. The Morgan fingerprint density at radius 2 is 0.560 bits per heavy atom. The normalized spacial score (nSPS) is 12.6. The Morgan fingerprint density at radius 1 is 0.321 bits per heavy atom. The van der Waals surface area contributed by atoms with Crippen LogP contribution in [0.5, 0.6) is 0 Å². The van der Waals surface area contributed by atoms with Crippen LogP contribution in [0.15, 0.2) is 24.3 Å². The Balaban J connectivity index is 3.38. The molecule has 0 bridgehead atoms. The van der Waals surface area contributed by atoms with Gasteiger partial charge in [0.2, 0.25) is 5.91 Å². The van der Waals surface area contributed by atoms with Crippen molar-refractivity contribution in [2.24, 2.45) is 0 Å². The van der Waals surface area contributed by atoms with Crippen molar-refractivity contribution in [1.82, 2.24) is 5.32 Å². The molecule has 0 radical (unpaired) electrons. The van der Waals surface area contributed by atoms with Gasteiger partial charge in [-0.25, -0.2) is 0 Å². The van der Waals surface area contributed by atoms with Crippen LogP contribution in [-0.2, 0) is 14.3 Å². The van der Waals surface area contributed by atoms with Gasteiger partial charge in [0.05, 0.1) is 25.4 Å². The van der Waals surface area contributed by atoms with Gasteiger partial charge in [-0.2, -0.15) is 0 Å². The zero-order valence-electron chi connectivity index (χ0n) is 57.2. The summed E-state index contributed by atoms with van der Waals surface area (Å²) in [6, 6.07) is -0.627. The fourth-order valence-electron chi connectivity index (χ4n) is 12.3. The lowest BCUT2D eigenvalue weighted by molar-refractivity contribution is -0.143. The number of amides is 1. The molecule has 0 aromatic heterocycles. The third-order valence-corrected chi connectivity index (χ3v) is 18.2. The van der Waals surface area contributed by atoms with Crippen LogP contribution in [0.25, 0.3) is 0 Å². The van der Waals surface area contributed by atoms with Gasteiger partial charge in [-0.15, -0.1) is 0 Å². The zero-order chi connectivity index (χ0) is 60.6. The van der Waals surface area contributed by atoms with Crippen molar-refractivity contribution >= 4 is 11.9 Å². The molecular formula is C78H151NO5. The zero-order valence-corrected chi connectivity index (χ0v) is 57.2. The van der Waals surface area contributed by atoms with Crippen molar-refractivity contribution in [3.63, 3.8) is 0 Å². The number of nitrogens with one attached hydrogen (secondary N) is 1. The maximum atomic E-state index is 12.5. The Labute approximate surface area is 526 Å². The Hall–Kier alpha value is -1.66. The molecule has 6 heteroatoms. The van der Waals surface area contributed by atoms with Crippen molar-refractivity contribution in [3.05, 3.63) is 24.3 Å². The second-order valence-corrected chi connectivity index (χ2v) is 26.7. The van der Waals surface area contributed by atoms with E-state index >= 15 is 0 Å². The lowest BCUT2D eigenvalue weighted by Gasteiger charge is -2.20. The molecule has 2 unspecified atom stereocenters. The van der Waals surface area contributed by atoms with E-state index < -0.39 is 12.1 Å². The molecule has 0 fully saturated rings. The molecule has 84 heavy (non-hydrogen) atoms. The van der Waals surface area contributed by atoms with E-state index in [-0.39, 0.29) is 18.5 Å². The van der Waals surface area contributed by atoms with Gasteiger partial charge in [0.25, 0.3) is 0 Å². The number of unbranched alkanes of at least 4 members (excludes halogenated alkanes) is 60. The van der Waals surface area contributed by atoms with Gasteiger partial charge in [-0.1, -0.05) is 391 Å². The van der Waals surface area contributed by atoms with Crippen molar-refractivity contribution in [1.29, 1.82) is 0 Å². The van der Waals surface area contributed by atoms with E-state index in [1.54, 1.807) is 6.08 Å². The summed E-state index contributed by atoms with van der Waals surface area (Å²) in [7, 11) is 0. The number of carbonyl (C=O) groups excluding carboxylic acids is 2. The summed E-state index contributed by atoms with van der Waals surface area (Å²) in [5.74, 6) is -0.0410. The van der Waals surface area contributed by atoms with E-state index in [0.29, 0.717) is 19.4 Å². The van der Waals surface area contributed by atoms with Gasteiger partial charge in [-0.3, -0.25) is 9.59 Å². The standard InChI is InChI=1S/C78H151NO5/c1-3-5-7-9-11-13-15-17-18-19-20-21-31-34-37-40-43-47-50-54-58-62-66-70-76(81)75(74-80)79-77(82)71-67-63-59-55-51-48-44-41-38-35-32-29-27-25-23-22-24-26-28-30-33-36-39-42-45-49-53-57-61-65-69-73-84-78(83)72-68-64-60-56-52-46-16-14-12-10-8-6-4-2/h24,26,66,70,75-76,80-81H,3-23,25,27-65,67-69,71-74H2,1-2H3,(H,79,82)/b26-24-,70-66+. The minimum Gasteiger partial charge on any atom is -0.466 e. The third kappa shape index (κ3) is 69.4. The summed E-state index contributed by atoms with van der Waals surface area (Å²) < 4.78 is 5.49. The average Bonchev–Trinajstić information content (AvgIpc) is 3.51. The van der Waals surface area contributed by atoms with Gasteiger partial charge in [0, 0.05) is 12.8 Å². The predicted molar refractivity (Wildman–Crippen MR) is 370 cm³/mol. The summed E-state index contributed by atoms with van der Waals surface area (Å²) in [5, 5.41) is 23.3. The number of hydrogen-bond acceptors (Lipinski definition) is 5. The smallest absolute Gasteiger partial charge is 0.305 e. The first-order chi connectivity index (χ1) is 41.5. The van der Waals surface area contributed by atoms with E-state index in [9.17, 15) is 19.8 Å². The predicted octanol–water partition coefficient (Wildman–Crippen LogP) is 25.3. The highest BCUT2D eigenvalue weighted by atomic mass is 16.5. The van der Waals surface area contributed by atoms with Gasteiger partial charge in [-0.05, 0) is 57.8 Å². The topological polar surface area (TPSA) is 95.9 Å². The van der Waals surface area contributed by atoms with E-state index in [1.807, 2.05) is 6.08 Å². The lowest BCUT2D eigenvalue weighted by Crippen LogP contribution is -2.45. The maximum Gasteiger partial charge on any atom is 0.305 e. The van der Waals surface area contributed by atoms with Crippen molar-refractivity contribution < 1.29 is 24.5 Å². The molecule has 0 spiro atoms. The molecule has 0 saturated heterocycles.